The number of pyridine rings is 1. The molecule has 3 rings (SSSR count). The minimum absolute atomic E-state index is 0.374. The van der Waals surface area contributed by atoms with Gasteiger partial charge in [0.05, 0.1) is 17.0 Å². The van der Waals surface area contributed by atoms with E-state index in [1.165, 1.54) is 6.07 Å². The van der Waals surface area contributed by atoms with Gasteiger partial charge in [0.2, 0.25) is 0 Å². The molecule has 0 aliphatic carbocycles. The van der Waals surface area contributed by atoms with Crippen LogP contribution in [0.2, 0.25) is 0 Å². The number of aromatic nitrogens is 3. The summed E-state index contributed by atoms with van der Waals surface area (Å²) in [6, 6.07) is 7.69. The van der Waals surface area contributed by atoms with Crippen molar-refractivity contribution in [1.82, 2.24) is 19.9 Å². The number of halogens is 1. The zero-order valence-electron chi connectivity index (χ0n) is 14.5. The molecule has 0 spiro atoms. The molecule has 2 aromatic heterocycles. The Morgan fingerprint density at radius 3 is 2.58 bits per heavy atom. The highest BCUT2D eigenvalue weighted by atomic mass is 19.1. The largest absolute Gasteiger partial charge is 0.478 e. The zero-order valence-corrected chi connectivity index (χ0v) is 14.5. The van der Waals surface area contributed by atoms with Crippen LogP contribution in [0.25, 0.3) is 22.5 Å². The van der Waals surface area contributed by atoms with Crippen molar-refractivity contribution in [3.63, 3.8) is 0 Å². The Hall–Kier alpha value is -3.06. The van der Waals surface area contributed by atoms with Crippen LogP contribution in [0.1, 0.15) is 16.2 Å². The van der Waals surface area contributed by atoms with E-state index >= 15 is 0 Å². The van der Waals surface area contributed by atoms with Crippen LogP contribution in [0, 0.1) is 5.82 Å². The summed E-state index contributed by atoms with van der Waals surface area (Å²) in [4.78, 5) is 25.3. The number of nitrogens with one attached hydrogen (secondary N) is 1. The predicted octanol–water partition coefficient (Wildman–Crippen LogP) is 3.08. The molecule has 0 saturated heterocycles. The lowest BCUT2D eigenvalue weighted by Crippen LogP contribution is -2.15. The van der Waals surface area contributed by atoms with Crippen LogP contribution in [0.4, 0.5) is 4.39 Å². The lowest BCUT2D eigenvalue weighted by molar-refractivity contribution is 0.0692. The van der Waals surface area contributed by atoms with Gasteiger partial charge < -0.3 is 15.0 Å². The maximum atomic E-state index is 13.8. The van der Waals surface area contributed by atoms with E-state index in [-0.39, 0.29) is 5.56 Å². The van der Waals surface area contributed by atoms with E-state index in [4.69, 9.17) is 0 Å². The number of hydrogen-bond acceptors (Lipinski definition) is 4. The molecule has 2 N–H and O–H groups in total. The topological polar surface area (TPSA) is 82.1 Å². The molecule has 0 saturated carbocycles. The van der Waals surface area contributed by atoms with E-state index in [0.717, 1.165) is 29.7 Å². The van der Waals surface area contributed by atoms with E-state index in [1.807, 2.05) is 26.2 Å². The molecule has 0 radical (unpaired) electrons. The maximum absolute atomic E-state index is 13.8. The van der Waals surface area contributed by atoms with Crippen molar-refractivity contribution < 1.29 is 14.3 Å². The Kier molecular flexibility index (Phi) is 5.09. The Morgan fingerprint density at radius 2 is 1.92 bits per heavy atom. The number of H-pyrrole nitrogens is 1. The van der Waals surface area contributed by atoms with Gasteiger partial charge in [-0.2, -0.15) is 0 Å². The summed E-state index contributed by atoms with van der Waals surface area (Å²) in [5.74, 6) is -1.30. The fraction of sp³-hybridized carbons (Fsp3) is 0.211. The molecule has 6 nitrogen and oxygen atoms in total. The van der Waals surface area contributed by atoms with Crippen molar-refractivity contribution in [2.45, 2.75) is 6.42 Å². The molecule has 2 heterocycles. The number of aromatic amines is 1. The minimum atomic E-state index is -1.31. The predicted molar refractivity (Wildman–Crippen MR) is 96.4 cm³/mol. The molecular formula is C19H19FN4O2. The van der Waals surface area contributed by atoms with Crippen LogP contribution in [0.3, 0.4) is 0 Å². The lowest BCUT2D eigenvalue weighted by atomic mass is 10.0. The monoisotopic (exact) mass is 354 g/mol. The van der Waals surface area contributed by atoms with Gasteiger partial charge in [0, 0.05) is 36.5 Å². The first-order valence-corrected chi connectivity index (χ1v) is 8.13. The van der Waals surface area contributed by atoms with Gasteiger partial charge in [-0.25, -0.2) is 14.2 Å². The fourth-order valence-corrected chi connectivity index (χ4v) is 2.64. The summed E-state index contributed by atoms with van der Waals surface area (Å²) in [5.41, 5.74) is 2.39. The van der Waals surface area contributed by atoms with E-state index in [9.17, 15) is 14.3 Å². The standard InChI is InChI=1S/C19H19FN4O2/c1-24(2)10-7-16-22-17(12-5-8-21-9-6-12)18(23-16)13-3-4-15(20)14(11-13)19(25)26/h3-6,8-9,11H,7,10H2,1-2H3,(H,22,23)(H,25,26). The quantitative estimate of drug-likeness (QED) is 0.711. The van der Waals surface area contributed by atoms with Crippen molar-refractivity contribution in [3.8, 4) is 22.5 Å². The summed E-state index contributed by atoms with van der Waals surface area (Å²) >= 11 is 0. The Bertz CT molecular complexity index is 923. The number of aromatic carboxylic acids is 1. The highest BCUT2D eigenvalue weighted by Gasteiger charge is 2.18. The van der Waals surface area contributed by atoms with Crippen LogP contribution in [-0.2, 0) is 6.42 Å². The molecule has 3 aromatic rings. The van der Waals surface area contributed by atoms with E-state index in [1.54, 1.807) is 18.5 Å². The second-order valence-corrected chi connectivity index (χ2v) is 6.20. The van der Waals surface area contributed by atoms with Gasteiger partial charge in [-0.1, -0.05) is 0 Å². The van der Waals surface area contributed by atoms with Gasteiger partial charge in [-0.05, 0) is 44.4 Å². The average molecular weight is 354 g/mol. The van der Waals surface area contributed by atoms with Crippen LogP contribution >= 0.6 is 0 Å². The van der Waals surface area contributed by atoms with Gasteiger partial charge in [-0.3, -0.25) is 4.98 Å². The van der Waals surface area contributed by atoms with Crippen molar-refractivity contribution in [2.75, 3.05) is 20.6 Å². The van der Waals surface area contributed by atoms with Gasteiger partial charge in [0.1, 0.15) is 11.6 Å². The molecule has 1 aromatic carbocycles. The summed E-state index contributed by atoms with van der Waals surface area (Å²) in [6.07, 6.45) is 4.05. The van der Waals surface area contributed by atoms with Crippen LogP contribution in [0.15, 0.2) is 42.7 Å². The number of carboxylic acids is 1. The molecular weight excluding hydrogens is 335 g/mol. The number of imidazole rings is 1. The Morgan fingerprint density at radius 1 is 1.19 bits per heavy atom. The smallest absolute Gasteiger partial charge is 0.338 e. The number of likely N-dealkylation sites (N-methyl/N-ethyl adjacent to an activating group) is 1. The third kappa shape index (κ3) is 3.78. The highest BCUT2D eigenvalue weighted by Crippen LogP contribution is 2.31. The van der Waals surface area contributed by atoms with Crippen molar-refractivity contribution >= 4 is 5.97 Å². The van der Waals surface area contributed by atoms with Gasteiger partial charge in [0.25, 0.3) is 0 Å². The van der Waals surface area contributed by atoms with Crippen molar-refractivity contribution in [1.29, 1.82) is 0 Å². The number of benzene rings is 1. The first-order valence-electron chi connectivity index (χ1n) is 8.13. The Balaban J connectivity index is 2.10. The SMILES string of the molecule is CN(C)CCc1nc(-c2ccc(F)c(C(=O)O)c2)c(-c2ccncc2)[nH]1. The van der Waals surface area contributed by atoms with E-state index < -0.39 is 11.8 Å². The van der Waals surface area contributed by atoms with Crippen LogP contribution in [-0.4, -0.2) is 51.6 Å². The van der Waals surface area contributed by atoms with E-state index in [0.29, 0.717) is 17.7 Å². The molecule has 0 unspecified atom stereocenters. The zero-order chi connectivity index (χ0) is 18.7. The fourth-order valence-electron chi connectivity index (χ4n) is 2.64. The lowest BCUT2D eigenvalue weighted by Gasteiger charge is -2.06. The second kappa shape index (κ2) is 7.45. The molecule has 0 fully saturated rings. The Labute approximate surface area is 150 Å². The summed E-state index contributed by atoms with van der Waals surface area (Å²) < 4.78 is 13.8. The molecule has 7 heteroatoms. The normalized spacial score (nSPS) is 11.1. The first-order chi connectivity index (χ1) is 12.5. The van der Waals surface area contributed by atoms with Crippen LogP contribution < -0.4 is 0 Å². The average Bonchev–Trinajstić information content (AvgIpc) is 3.05. The molecule has 0 amide bonds. The van der Waals surface area contributed by atoms with Crippen molar-refractivity contribution in [3.05, 3.63) is 59.9 Å². The molecule has 0 atom stereocenters. The molecule has 0 aliphatic heterocycles. The summed E-state index contributed by atoms with van der Waals surface area (Å²) in [7, 11) is 3.96. The number of carboxylic acid groups (broad SMARTS) is 1. The molecule has 26 heavy (non-hydrogen) atoms. The second-order valence-electron chi connectivity index (χ2n) is 6.20. The number of carbonyl (C=O) groups is 1. The maximum Gasteiger partial charge on any atom is 0.338 e. The third-order valence-corrected chi connectivity index (χ3v) is 3.99. The minimum Gasteiger partial charge on any atom is -0.478 e. The van der Waals surface area contributed by atoms with Gasteiger partial charge >= 0.3 is 5.97 Å². The summed E-state index contributed by atoms with van der Waals surface area (Å²) in [6.45, 7) is 0.812. The van der Waals surface area contributed by atoms with E-state index in [2.05, 4.69) is 19.9 Å². The van der Waals surface area contributed by atoms with Crippen molar-refractivity contribution in [2.24, 2.45) is 0 Å². The molecule has 0 aliphatic rings. The highest BCUT2D eigenvalue weighted by molar-refractivity contribution is 5.90. The third-order valence-electron chi connectivity index (χ3n) is 3.99. The van der Waals surface area contributed by atoms with Gasteiger partial charge in [0.15, 0.2) is 0 Å². The molecule has 134 valence electrons. The number of nitrogens with zero attached hydrogens (tertiary/aromatic N) is 3. The van der Waals surface area contributed by atoms with Gasteiger partial charge in [-0.15, -0.1) is 0 Å². The first kappa shape index (κ1) is 17.8. The summed E-state index contributed by atoms with van der Waals surface area (Å²) in [5, 5.41) is 9.19. The van der Waals surface area contributed by atoms with Crippen LogP contribution in [0.5, 0.6) is 0 Å². The number of rotatable bonds is 6. The molecule has 0 bridgehead atoms. The number of hydrogen-bond donors (Lipinski definition) is 2.